The van der Waals surface area contributed by atoms with Gasteiger partial charge in [0.2, 0.25) is 11.8 Å². The molecule has 2 amide bonds. The predicted octanol–water partition coefficient (Wildman–Crippen LogP) is 0.955. The normalized spacial score (nSPS) is 10.2. The van der Waals surface area contributed by atoms with Crippen molar-refractivity contribution in [2.24, 2.45) is 0 Å². The third-order valence-electron chi connectivity index (χ3n) is 2.33. The molecule has 0 aliphatic carbocycles. The highest BCUT2D eigenvalue weighted by molar-refractivity contribution is 5.83. The minimum atomic E-state index is -0.149. The van der Waals surface area contributed by atoms with Crippen LogP contribution in [-0.2, 0) is 16.1 Å². The molecule has 0 unspecified atom stereocenters. The average molecular weight is 249 g/mol. The zero-order valence-corrected chi connectivity index (χ0v) is 11.0. The van der Waals surface area contributed by atoms with Crippen LogP contribution in [0.3, 0.4) is 0 Å². The van der Waals surface area contributed by atoms with Crippen molar-refractivity contribution in [2.45, 2.75) is 33.4 Å². The molecule has 0 aliphatic heterocycles. The maximum atomic E-state index is 11.6. The Morgan fingerprint density at radius 3 is 2.67 bits per heavy atom. The van der Waals surface area contributed by atoms with E-state index in [1.165, 1.54) is 11.8 Å². The van der Waals surface area contributed by atoms with Gasteiger partial charge in [-0.2, -0.15) is 0 Å². The number of hydrogen-bond donors (Lipinski definition) is 1. The van der Waals surface area contributed by atoms with Gasteiger partial charge in [-0.05, 0) is 25.5 Å². The quantitative estimate of drug-likeness (QED) is 0.845. The fourth-order valence-corrected chi connectivity index (χ4v) is 1.53. The molecule has 0 saturated heterocycles. The zero-order valence-electron chi connectivity index (χ0n) is 11.0. The van der Waals surface area contributed by atoms with E-state index in [0.717, 1.165) is 5.56 Å². The number of carbonyl (C=O) groups excluding carboxylic acids is 2. The summed E-state index contributed by atoms with van der Waals surface area (Å²) < 4.78 is 0. The Morgan fingerprint density at radius 2 is 2.17 bits per heavy atom. The second kappa shape index (κ2) is 6.74. The van der Waals surface area contributed by atoms with Gasteiger partial charge in [0, 0.05) is 31.9 Å². The SMILES string of the molecule is CC(=O)N(CC(=O)NC(C)C)Cc1cccnc1. The highest BCUT2D eigenvalue weighted by Gasteiger charge is 2.14. The smallest absolute Gasteiger partial charge is 0.239 e. The molecule has 18 heavy (non-hydrogen) atoms. The molecule has 0 aliphatic rings. The second-order valence-corrected chi connectivity index (χ2v) is 4.46. The molecule has 0 bridgehead atoms. The first kappa shape index (κ1) is 14.2. The van der Waals surface area contributed by atoms with Crippen LogP contribution in [0.25, 0.3) is 0 Å². The molecule has 0 aromatic carbocycles. The van der Waals surface area contributed by atoms with Crippen LogP contribution in [0.15, 0.2) is 24.5 Å². The Labute approximate surface area is 107 Å². The highest BCUT2D eigenvalue weighted by atomic mass is 16.2. The topological polar surface area (TPSA) is 62.3 Å². The summed E-state index contributed by atoms with van der Waals surface area (Å²) in [6.07, 6.45) is 3.36. The molecular weight excluding hydrogens is 230 g/mol. The summed E-state index contributed by atoms with van der Waals surface area (Å²) in [4.78, 5) is 28.6. The fourth-order valence-electron chi connectivity index (χ4n) is 1.53. The molecule has 0 saturated carbocycles. The van der Waals surface area contributed by atoms with Crippen molar-refractivity contribution in [3.05, 3.63) is 30.1 Å². The first-order valence-electron chi connectivity index (χ1n) is 5.93. The van der Waals surface area contributed by atoms with Gasteiger partial charge in [0.05, 0.1) is 6.54 Å². The number of hydrogen-bond acceptors (Lipinski definition) is 3. The van der Waals surface area contributed by atoms with Gasteiger partial charge in [0.15, 0.2) is 0 Å². The lowest BCUT2D eigenvalue weighted by molar-refractivity contribution is -0.135. The van der Waals surface area contributed by atoms with Crippen LogP contribution in [0.1, 0.15) is 26.3 Å². The maximum absolute atomic E-state index is 11.6. The van der Waals surface area contributed by atoms with Gasteiger partial charge in [-0.1, -0.05) is 6.07 Å². The third-order valence-corrected chi connectivity index (χ3v) is 2.33. The van der Waals surface area contributed by atoms with E-state index < -0.39 is 0 Å². The van der Waals surface area contributed by atoms with E-state index in [-0.39, 0.29) is 24.4 Å². The molecular formula is C13H19N3O2. The van der Waals surface area contributed by atoms with Crippen molar-refractivity contribution in [3.8, 4) is 0 Å². The van der Waals surface area contributed by atoms with Gasteiger partial charge in [-0.3, -0.25) is 14.6 Å². The lowest BCUT2D eigenvalue weighted by atomic mass is 10.2. The number of aromatic nitrogens is 1. The van der Waals surface area contributed by atoms with Gasteiger partial charge < -0.3 is 10.2 Å². The number of pyridine rings is 1. The van der Waals surface area contributed by atoms with Gasteiger partial charge in [0.25, 0.3) is 0 Å². The third kappa shape index (κ3) is 4.95. The molecule has 98 valence electrons. The Hall–Kier alpha value is -1.91. The first-order chi connectivity index (χ1) is 8.49. The van der Waals surface area contributed by atoms with Crippen molar-refractivity contribution >= 4 is 11.8 Å². The summed E-state index contributed by atoms with van der Waals surface area (Å²) in [7, 11) is 0. The Bertz CT molecular complexity index is 404. The van der Waals surface area contributed by atoms with Gasteiger partial charge >= 0.3 is 0 Å². The summed E-state index contributed by atoms with van der Waals surface area (Å²) >= 11 is 0. The molecule has 0 radical (unpaired) electrons. The van der Waals surface area contributed by atoms with E-state index in [1.807, 2.05) is 26.0 Å². The first-order valence-corrected chi connectivity index (χ1v) is 5.93. The summed E-state index contributed by atoms with van der Waals surface area (Å²) in [6.45, 7) is 5.70. The predicted molar refractivity (Wildman–Crippen MR) is 68.6 cm³/mol. The Balaban J connectivity index is 2.61. The molecule has 5 nitrogen and oxygen atoms in total. The van der Waals surface area contributed by atoms with Gasteiger partial charge in [-0.15, -0.1) is 0 Å². The van der Waals surface area contributed by atoms with E-state index in [4.69, 9.17) is 0 Å². The molecule has 0 spiro atoms. The minimum Gasteiger partial charge on any atom is -0.352 e. The lowest BCUT2D eigenvalue weighted by Gasteiger charge is -2.21. The van der Waals surface area contributed by atoms with Crippen LogP contribution in [-0.4, -0.2) is 34.3 Å². The number of amides is 2. The van der Waals surface area contributed by atoms with Crippen LogP contribution >= 0.6 is 0 Å². The minimum absolute atomic E-state index is 0.0718. The summed E-state index contributed by atoms with van der Waals surface area (Å²) in [6, 6.07) is 3.76. The van der Waals surface area contributed by atoms with Crippen molar-refractivity contribution in [3.63, 3.8) is 0 Å². The standard InChI is InChI=1S/C13H19N3O2/c1-10(2)15-13(18)9-16(11(3)17)8-12-5-4-6-14-7-12/h4-7,10H,8-9H2,1-3H3,(H,15,18). The second-order valence-electron chi connectivity index (χ2n) is 4.46. The van der Waals surface area contributed by atoms with E-state index in [1.54, 1.807) is 12.4 Å². The number of rotatable bonds is 5. The summed E-state index contributed by atoms with van der Waals surface area (Å²) in [5.41, 5.74) is 0.907. The van der Waals surface area contributed by atoms with Crippen LogP contribution < -0.4 is 5.32 Å². The monoisotopic (exact) mass is 249 g/mol. The Kier molecular flexibility index (Phi) is 5.30. The van der Waals surface area contributed by atoms with E-state index in [2.05, 4.69) is 10.3 Å². The van der Waals surface area contributed by atoms with Gasteiger partial charge in [-0.25, -0.2) is 0 Å². The van der Waals surface area contributed by atoms with Crippen molar-refractivity contribution in [1.29, 1.82) is 0 Å². The zero-order chi connectivity index (χ0) is 13.5. The Morgan fingerprint density at radius 1 is 1.44 bits per heavy atom. The fraction of sp³-hybridized carbons (Fsp3) is 0.462. The lowest BCUT2D eigenvalue weighted by Crippen LogP contribution is -2.41. The van der Waals surface area contributed by atoms with E-state index in [0.29, 0.717) is 6.54 Å². The average Bonchev–Trinajstić information content (AvgIpc) is 2.28. The van der Waals surface area contributed by atoms with Crippen LogP contribution in [0, 0.1) is 0 Å². The van der Waals surface area contributed by atoms with Crippen molar-refractivity contribution < 1.29 is 9.59 Å². The van der Waals surface area contributed by atoms with E-state index in [9.17, 15) is 9.59 Å². The molecule has 5 heteroatoms. The molecule has 1 N–H and O–H groups in total. The summed E-state index contributed by atoms with van der Waals surface area (Å²) in [5.74, 6) is -0.276. The van der Waals surface area contributed by atoms with Gasteiger partial charge in [0.1, 0.15) is 0 Å². The highest BCUT2D eigenvalue weighted by Crippen LogP contribution is 2.03. The molecule has 1 rings (SSSR count). The number of nitrogens with zero attached hydrogens (tertiary/aromatic N) is 2. The molecule has 0 atom stereocenters. The maximum Gasteiger partial charge on any atom is 0.239 e. The molecule has 1 heterocycles. The number of nitrogens with one attached hydrogen (secondary N) is 1. The van der Waals surface area contributed by atoms with Crippen molar-refractivity contribution in [2.75, 3.05) is 6.54 Å². The van der Waals surface area contributed by atoms with Crippen LogP contribution in [0.4, 0.5) is 0 Å². The molecule has 1 aromatic rings. The van der Waals surface area contributed by atoms with Crippen molar-refractivity contribution in [1.82, 2.24) is 15.2 Å². The molecule has 0 fully saturated rings. The van der Waals surface area contributed by atoms with Crippen LogP contribution in [0.2, 0.25) is 0 Å². The number of carbonyl (C=O) groups is 2. The molecule has 1 aromatic heterocycles. The summed E-state index contributed by atoms with van der Waals surface area (Å²) in [5, 5.41) is 2.77. The largest absolute Gasteiger partial charge is 0.352 e. The van der Waals surface area contributed by atoms with Crippen LogP contribution in [0.5, 0.6) is 0 Å². The van der Waals surface area contributed by atoms with E-state index >= 15 is 0 Å².